The Morgan fingerprint density at radius 2 is 1.56 bits per heavy atom. The Bertz CT molecular complexity index is 1080. The highest BCUT2D eigenvalue weighted by molar-refractivity contribution is 6.74. The highest BCUT2D eigenvalue weighted by Crippen LogP contribution is 2.40. The molecule has 2 aromatic carbocycles. The van der Waals surface area contributed by atoms with E-state index < -0.39 is 51.0 Å². The van der Waals surface area contributed by atoms with Crippen molar-refractivity contribution < 1.29 is 37.7 Å². The molecule has 9 heteroatoms. The number of carbonyl (C=O) groups is 2. The zero-order chi connectivity index (χ0) is 28.6. The minimum atomic E-state index is -2.48. The molecule has 1 fully saturated rings. The highest BCUT2D eigenvalue weighted by atomic mass is 28.4. The molecule has 0 bridgehead atoms. The average Bonchev–Trinajstić information content (AvgIpc) is 2.91. The van der Waals surface area contributed by atoms with Gasteiger partial charge >= 0.3 is 11.9 Å². The van der Waals surface area contributed by atoms with E-state index in [4.69, 9.17) is 28.1 Å². The van der Waals surface area contributed by atoms with Gasteiger partial charge in [-0.25, -0.2) is 9.59 Å². The van der Waals surface area contributed by atoms with Gasteiger partial charge in [-0.2, -0.15) is 0 Å². The number of methoxy groups -OCH3 is 1. The molecule has 0 saturated carbocycles. The van der Waals surface area contributed by atoms with Gasteiger partial charge in [0.15, 0.2) is 26.8 Å². The lowest BCUT2D eigenvalue weighted by atomic mass is 9.97. The van der Waals surface area contributed by atoms with Crippen molar-refractivity contribution in [3.05, 3.63) is 84.4 Å². The maximum Gasteiger partial charge on any atom is 0.338 e. The van der Waals surface area contributed by atoms with Crippen molar-refractivity contribution in [1.29, 1.82) is 0 Å². The molecule has 0 aliphatic carbocycles. The summed E-state index contributed by atoms with van der Waals surface area (Å²) in [6, 6.07) is 18.2. The van der Waals surface area contributed by atoms with Crippen molar-refractivity contribution in [2.75, 3.05) is 13.7 Å². The van der Waals surface area contributed by atoms with E-state index in [2.05, 4.69) is 40.4 Å². The van der Waals surface area contributed by atoms with Gasteiger partial charge in [0.1, 0.15) is 12.2 Å². The fraction of sp³-hybridized carbons (Fsp3) is 0.467. The Kier molecular flexibility index (Phi) is 10.6. The van der Waals surface area contributed by atoms with E-state index in [-0.39, 0.29) is 18.3 Å². The Morgan fingerprint density at radius 1 is 0.949 bits per heavy atom. The van der Waals surface area contributed by atoms with Crippen LogP contribution in [0.5, 0.6) is 0 Å². The largest absolute Gasteiger partial charge is 0.467 e. The van der Waals surface area contributed by atoms with Crippen LogP contribution < -0.4 is 0 Å². The van der Waals surface area contributed by atoms with E-state index in [1.165, 1.54) is 7.11 Å². The van der Waals surface area contributed by atoms with Gasteiger partial charge in [-0.3, -0.25) is 0 Å². The van der Waals surface area contributed by atoms with E-state index in [1.54, 1.807) is 30.3 Å². The number of benzene rings is 2. The molecule has 0 amide bonds. The summed E-state index contributed by atoms with van der Waals surface area (Å²) in [6.45, 7) is 14.4. The Hall–Kier alpha value is -2.82. The molecule has 8 nitrogen and oxygen atoms in total. The number of ether oxygens (including phenoxy) is 5. The van der Waals surface area contributed by atoms with Gasteiger partial charge in [0.05, 0.1) is 25.9 Å². The first kappa shape index (κ1) is 30.7. The maximum absolute atomic E-state index is 13.3. The molecule has 1 aliphatic rings. The topological polar surface area (TPSA) is 89.5 Å². The Morgan fingerprint density at radius 3 is 2.13 bits per heavy atom. The van der Waals surface area contributed by atoms with Gasteiger partial charge in [-0.15, -0.1) is 6.58 Å². The molecule has 1 aliphatic heterocycles. The molecule has 5 atom stereocenters. The number of rotatable bonds is 11. The second-order valence-corrected chi connectivity index (χ2v) is 15.7. The van der Waals surface area contributed by atoms with Crippen LogP contribution in [0.4, 0.5) is 0 Å². The molecular weight excluding hydrogens is 516 g/mol. The van der Waals surface area contributed by atoms with E-state index in [0.717, 1.165) is 5.56 Å². The van der Waals surface area contributed by atoms with Crippen molar-refractivity contribution >= 4 is 20.3 Å². The monoisotopic (exact) mass is 556 g/mol. The van der Waals surface area contributed by atoms with Crippen LogP contribution in [0.25, 0.3) is 0 Å². The van der Waals surface area contributed by atoms with E-state index >= 15 is 0 Å². The summed E-state index contributed by atoms with van der Waals surface area (Å²) in [4.78, 5) is 26.3. The Labute approximate surface area is 232 Å². The van der Waals surface area contributed by atoms with Gasteiger partial charge in [0.2, 0.25) is 0 Å². The molecule has 1 saturated heterocycles. The molecule has 212 valence electrons. The second-order valence-electron chi connectivity index (χ2n) is 10.9. The molecule has 0 aromatic heterocycles. The van der Waals surface area contributed by atoms with Crippen molar-refractivity contribution in [1.82, 2.24) is 0 Å². The van der Waals surface area contributed by atoms with Gasteiger partial charge in [-0.1, -0.05) is 75.4 Å². The summed E-state index contributed by atoms with van der Waals surface area (Å²) in [5.41, 5.74) is 1.26. The van der Waals surface area contributed by atoms with Gasteiger partial charge in [-0.05, 0) is 35.8 Å². The summed E-state index contributed by atoms with van der Waals surface area (Å²) < 4.78 is 36.4. The van der Waals surface area contributed by atoms with Crippen molar-refractivity contribution in [2.24, 2.45) is 0 Å². The molecule has 0 N–H and O–H groups in total. The van der Waals surface area contributed by atoms with Crippen LogP contribution in [0.15, 0.2) is 73.3 Å². The van der Waals surface area contributed by atoms with Crippen LogP contribution in [0.2, 0.25) is 18.1 Å². The number of hydrogen-bond donors (Lipinski definition) is 0. The molecule has 39 heavy (non-hydrogen) atoms. The predicted molar refractivity (Wildman–Crippen MR) is 150 cm³/mol. The quantitative estimate of drug-likeness (QED) is 0.210. The second kappa shape index (κ2) is 13.5. The normalized spacial score (nSPS) is 23.6. The van der Waals surface area contributed by atoms with Gasteiger partial charge in [0, 0.05) is 0 Å². The Balaban J connectivity index is 2.06. The first-order chi connectivity index (χ1) is 18.5. The van der Waals surface area contributed by atoms with Crippen LogP contribution in [0.1, 0.15) is 36.7 Å². The molecule has 0 unspecified atom stereocenters. The summed E-state index contributed by atoms with van der Waals surface area (Å²) in [7, 11) is -1.20. The zero-order valence-electron chi connectivity index (χ0n) is 23.6. The van der Waals surface area contributed by atoms with Crippen LogP contribution >= 0.6 is 0 Å². The molecule has 1 heterocycles. The third-order valence-electron chi connectivity index (χ3n) is 7.09. The predicted octanol–water partition coefficient (Wildman–Crippen LogP) is 5.29. The van der Waals surface area contributed by atoms with Crippen LogP contribution in [0, 0.1) is 0 Å². The zero-order valence-corrected chi connectivity index (χ0v) is 24.6. The fourth-order valence-electron chi connectivity index (χ4n) is 3.89. The SMILES string of the molecule is C=CCO[C@H]1[C@H](OCc2ccccc2)[C@@H](OC(=O)c2ccccc2)[C@H](O[Si](C)(C)C(C)(C)C)O[C@H]1C(=O)OC. The van der Waals surface area contributed by atoms with Gasteiger partial charge < -0.3 is 28.1 Å². The lowest BCUT2D eigenvalue weighted by Crippen LogP contribution is -2.65. The van der Waals surface area contributed by atoms with Crippen molar-refractivity contribution in [2.45, 2.75) is 76.2 Å². The third kappa shape index (κ3) is 7.86. The number of carbonyl (C=O) groups excluding carboxylic acids is 2. The van der Waals surface area contributed by atoms with Crippen molar-refractivity contribution in [3.63, 3.8) is 0 Å². The first-order valence-electron chi connectivity index (χ1n) is 13.0. The summed E-state index contributed by atoms with van der Waals surface area (Å²) in [5.74, 6) is -1.21. The van der Waals surface area contributed by atoms with Crippen LogP contribution in [-0.4, -0.2) is 64.7 Å². The summed E-state index contributed by atoms with van der Waals surface area (Å²) in [5, 5.41) is -0.193. The lowest BCUT2D eigenvalue weighted by Gasteiger charge is -2.48. The molecule has 2 aromatic rings. The van der Waals surface area contributed by atoms with Crippen LogP contribution in [0.3, 0.4) is 0 Å². The van der Waals surface area contributed by atoms with Gasteiger partial charge in [0.25, 0.3) is 0 Å². The maximum atomic E-state index is 13.3. The number of hydrogen-bond acceptors (Lipinski definition) is 8. The smallest absolute Gasteiger partial charge is 0.338 e. The average molecular weight is 557 g/mol. The standard InChI is InChI=1S/C30H40O8Si/c1-8-19-34-23-24(35-20-21-15-11-9-12-16-21)26(36-27(31)22-17-13-10-14-18-22)29(37-25(23)28(32)33-5)38-39(6,7)30(2,3)4/h8-18,23-26,29H,1,19-20H2,2-7H3/t23-,24-,25+,26+,29-/m0/s1. The minimum Gasteiger partial charge on any atom is -0.467 e. The minimum absolute atomic E-state index is 0.111. The van der Waals surface area contributed by atoms with Crippen LogP contribution in [-0.2, 0) is 39.5 Å². The molecule has 0 radical (unpaired) electrons. The molecule has 0 spiro atoms. The molecular formula is C30H40O8Si. The molecule has 3 rings (SSSR count). The lowest BCUT2D eigenvalue weighted by molar-refractivity contribution is -0.289. The van der Waals surface area contributed by atoms with Crippen molar-refractivity contribution in [3.8, 4) is 0 Å². The van der Waals surface area contributed by atoms with E-state index in [9.17, 15) is 9.59 Å². The van der Waals surface area contributed by atoms with E-state index in [1.807, 2.05) is 36.4 Å². The highest BCUT2D eigenvalue weighted by Gasteiger charge is 2.55. The fourth-order valence-corrected chi connectivity index (χ4v) is 5.01. The third-order valence-corrected chi connectivity index (χ3v) is 11.5. The first-order valence-corrected chi connectivity index (χ1v) is 15.9. The summed E-state index contributed by atoms with van der Waals surface area (Å²) >= 11 is 0. The number of esters is 2. The summed E-state index contributed by atoms with van der Waals surface area (Å²) in [6.07, 6.45) is -3.67. The van der Waals surface area contributed by atoms with E-state index in [0.29, 0.717) is 5.56 Å².